The minimum Gasteiger partial charge on any atom is -0.309 e. The van der Waals surface area contributed by atoms with Crippen molar-refractivity contribution in [3.05, 3.63) is 211 Å². The summed E-state index contributed by atoms with van der Waals surface area (Å²) in [7, 11) is 0. The van der Waals surface area contributed by atoms with Crippen molar-refractivity contribution in [3.63, 3.8) is 0 Å². The van der Waals surface area contributed by atoms with Gasteiger partial charge in [-0.25, -0.2) is 0 Å². The molecule has 0 aliphatic heterocycles. The third kappa shape index (κ3) is 4.61. The third-order valence-electron chi connectivity index (χ3n) is 12.2. The van der Waals surface area contributed by atoms with Crippen LogP contribution in [-0.4, -0.2) is 4.57 Å². The zero-order chi connectivity index (χ0) is 36.7. The molecule has 1 nitrogen and oxygen atoms in total. The van der Waals surface area contributed by atoms with Gasteiger partial charge in [-0.2, -0.15) is 0 Å². The van der Waals surface area contributed by atoms with Crippen molar-refractivity contribution in [2.75, 3.05) is 0 Å². The van der Waals surface area contributed by atoms with E-state index in [4.69, 9.17) is 0 Å². The van der Waals surface area contributed by atoms with Crippen molar-refractivity contribution in [2.24, 2.45) is 0 Å². The molecule has 0 fully saturated rings. The minimum atomic E-state index is 0.874. The van der Waals surface area contributed by atoms with Crippen molar-refractivity contribution in [2.45, 2.75) is 6.42 Å². The number of fused-ring (bicyclic) bond motifs is 12. The number of rotatable bonds is 4. The molecule has 0 unspecified atom stereocenters. The van der Waals surface area contributed by atoms with E-state index in [9.17, 15) is 0 Å². The Morgan fingerprint density at radius 3 is 1.30 bits per heavy atom. The molecule has 0 bridgehead atoms. The molecule has 0 spiro atoms. The highest BCUT2D eigenvalue weighted by atomic mass is 15.0. The smallest absolute Gasteiger partial charge is 0.0541 e. The summed E-state index contributed by atoms with van der Waals surface area (Å²) in [6.45, 7) is 0. The fourth-order valence-corrected chi connectivity index (χ4v) is 9.68. The lowest BCUT2D eigenvalue weighted by molar-refractivity contribution is 1.12. The first-order chi connectivity index (χ1) is 27.8. The van der Waals surface area contributed by atoms with Crippen LogP contribution in [0.3, 0.4) is 0 Å². The summed E-state index contributed by atoms with van der Waals surface area (Å²) < 4.78 is 2.52. The topological polar surface area (TPSA) is 4.93 Å². The van der Waals surface area contributed by atoms with Gasteiger partial charge >= 0.3 is 0 Å². The average Bonchev–Trinajstić information content (AvgIpc) is 3.82. The number of hydrogen-bond donors (Lipinski definition) is 0. The van der Waals surface area contributed by atoms with Crippen molar-refractivity contribution in [3.8, 4) is 50.2 Å². The summed E-state index contributed by atoms with van der Waals surface area (Å²) in [5.74, 6) is 0. The number of benzene rings is 10. The highest BCUT2D eigenvalue weighted by Crippen LogP contribution is 2.47. The normalized spacial score (nSPS) is 12.2. The summed E-state index contributed by atoms with van der Waals surface area (Å²) >= 11 is 0. The van der Waals surface area contributed by atoms with Crippen molar-refractivity contribution < 1.29 is 0 Å². The first kappa shape index (κ1) is 31.2. The molecule has 1 aliphatic carbocycles. The molecule has 12 rings (SSSR count). The van der Waals surface area contributed by atoms with E-state index >= 15 is 0 Å². The van der Waals surface area contributed by atoms with Crippen molar-refractivity contribution in [1.82, 2.24) is 4.57 Å². The molecule has 56 heavy (non-hydrogen) atoms. The van der Waals surface area contributed by atoms with Gasteiger partial charge in [0.15, 0.2) is 0 Å². The van der Waals surface area contributed by atoms with Gasteiger partial charge in [-0.15, -0.1) is 0 Å². The van der Waals surface area contributed by atoms with Crippen LogP contribution in [0.1, 0.15) is 11.1 Å². The van der Waals surface area contributed by atoms with Crippen LogP contribution >= 0.6 is 0 Å². The molecule has 0 atom stereocenters. The maximum atomic E-state index is 2.52. The fourth-order valence-electron chi connectivity index (χ4n) is 9.68. The van der Waals surface area contributed by atoms with Gasteiger partial charge in [0.05, 0.1) is 16.7 Å². The maximum Gasteiger partial charge on any atom is 0.0541 e. The molecular formula is C55H35N. The first-order valence-electron chi connectivity index (χ1n) is 19.6. The van der Waals surface area contributed by atoms with Crippen LogP contribution in [0.5, 0.6) is 0 Å². The summed E-state index contributed by atoms with van der Waals surface area (Å²) in [5.41, 5.74) is 16.6. The van der Waals surface area contributed by atoms with Crippen LogP contribution in [0.25, 0.3) is 104 Å². The summed E-state index contributed by atoms with van der Waals surface area (Å²) in [6.07, 6.45) is 0.874. The van der Waals surface area contributed by atoms with E-state index in [2.05, 4.69) is 205 Å². The van der Waals surface area contributed by atoms with E-state index in [1.807, 2.05) is 0 Å². The van der Waals surface area contributed by atoms with E-state index in [1.165, 1.54) is 115 Å². The molecule has 1 aliphatic rings. The summed E-state index contributed by atoms with van der Waals surface area (Å²) in [4.78, 5) is 0. The van der Waals surface area contributed by atoms with Gasteiger partial charge in [0.25, 0.3) is 0 Å². The van der Waals surface area contributed by atoms with Crippen LogP contribution < -0.4 is 0 Å². The third-order valence-corrected chi connectivity index (χ3v) is 12.2. The second kappa shape index (κ2) is 12.1. The van der Waals surface area contributed by atoms with E-state index in [1.54, 1.807) is 0 Å². The monoisotopic (exact) mass is 709 g/mol. The molecule has 0 amide bonds. The SMILES string of the molecule is c1ccc(-c2ccc3c(c2)c2cc(-c4ccccc4)ccc2n3-c2cccc3c2Cc2c(-c4ccc5c6ccccc6c6ccccc6c5c4)cccc2-3)cc1. The Balaban J connectivity index is 1.04. The number of nitrogens with zero attached hydrogens (tertiary/aromatic N) is 1. The lowest BCUT2D eigenvalue weighted by Gasteiger charge is -2.14. The van der Waals surface area contributed by atoms with Crippen LogP contribution in [-0.2, 0) is 6.42 Å². The Morgan fingerprint density at radius 1 is 0.268 bits per heavy atom. The molecule has 1 heteroatoms. The Bertz CT molecular complexity index is 3240. The van der Waals surface area contributed by atoms with Crippen LogP contribution in [0.15, 0.2) is 200 Å². The van der Waals surface area contributed by atoms with Crippen LogP contribution in [0, 0.1) is 0 Å². The first-order valence-corrected chi connectivity index (χ1v) is 19.6. The second-order valence-electron chi connectivity index (χ2n) is 15.2. The lowest BCUT2D eigenvalue weighted by Crippen LogP contribution is -1.99. The minimum absolute atomic E-state index is 0.874. The number of aromatic nitrogens is 1. The highest BCUT2D eigenvalue weighted by molar-refractivity contribution is 6.25. The van der Waals surface area contributed by atoms with Crippen LogP contribution in [0.2, 0.25) is 0 Å². The van der Waals surface area contributed by atoms with Gasteiger partial charge in [-0.05, 0) is 124 Å². The Morgan fingerprint density at radius 2 is 0.714 bits per heavy atom. The van der Waals surface area contributed by atoms with Crippen LogP contribution in [0.4, 0.5) is 0 Å². The average molecular weight is 710 g/mol. The molecule has 0 saturated heterocycles. The Kier molecular flexibility index (Phi) is 6.76. The van der Waals surface area contributed by atoms with Crippen molar-refractivity contribution in [1.29, 1.82) is 0 Å². The molecule has 1 aromatic heterocycles. The van der Waals surface area contributed by atoms with E-state index in [0.29, 0.717) is 0 Å². The predicted octanol–water partition coefficient (Wildman–Crippen LogP) is 14.8. The Hall–Kier alpha value is -7.22. The molecule has 260 valence electrons. The largest absolute Gasteiger partial charge is 0.309 e. The van der Waals surface area contributed by atoms with Gasteiger partial charge in [-0.1, -0.05) is 164 Å². The quantitative estimate of drug-likeness (QED) is 0.160. The lowest BCUT2D eigenvalue weighted by atomic mass is 9.90. The molecule has 0 radical (unpaired) electrons. The predicted molar refractivity (Wildman–Crippen MR) is 238 cm³/mol. The molecule has 0 N–H and O–H groups in total. The molecule has 0 saturated carbocycles. The molecule has 11 aromatic rings. The summed E-state index contributed by atoms with van der Waals surface area (Å²) in [6, 6.07) is 74.1. The van der Waals surface area contributed by atoms with Gasteiger partial charge in [0, 0.05) is 17.2 Å². The molecular weight excluding hydrogens is 675 g/mol. The van der Waals surface area contributed by atoms with E-state index in [-0.39, 0.29) is 0 Å². The van der Waals surface area contributed by atoms with Gasteiger partial charge in [0.1, 0.15) is 0 Å². The zero-order valence-electron chi connectivity index (χ0n) is 30.7. The highest BCUT2D eigenvalue weighted by Gasteiger charge is 2.26. The molecule has 1 heterocycles. The number of hydrogen-bond acceptors (Lipinski definition) is 0. The summed E-state index contributed by atoms with van der Waals surface area (Å²) in [5, 5.41) is 10.4. The van der Waals surface area contributed by atoms with Gasteiger partial charge in [-0.3, -0.25) is 0 Å². The van der Waals surface area contributed by atoms with Gasteiger partial charge in [0.2, 0.25) is 0 Å². The second-order valence-corrected chi connectivity index (χ2v) is 15.2. The maximum absolute atomic E-state index is 2.52. The van der Waals surface area contributed by atoms with Crippen molar-refractivity contribution >= 4 is 54.1 Å². The fraction of sp³-hybridized carbons (Fsp3) is 0.0182. The molecule has 10 aromatic carbocycles. The standard InChI is InChI=1S/C55H35N/c1-3-13-35(14-4-1)37-26-29-54-50(31-37)51-32-38(36-15-5-2-6-16-36)27-30-55(51)56(54)53-24-12-23-46-45-22-11-21-40(49(45)34-52(46)53)39-25-28-47-43-19-8-7-17-41(43)42-18-9-10-20-44(42)48(47)33-39/h1-33H,34H2. The van der Waals surface area contributed by atoms with E-state index in [0.717, 1.165) is 6.42 Å². The zero-order valence-corrected chi connectivity index (χ0v) is 30.7. The Labute approximate surface area is 325 Å². The van der Waals surface area contributed by atoms with E-state index < -0.39 is 0 Å². The van der Waals surface area contributed by atoms with Gasteiger partial charge < -0.3 is 4.57 Å².